The SMILES string of the molecule is CN1c2cccc(CO)c2NCC1(C)C. The molecule has 15 heavy (non-hydrogen) atoms. The summed E-state index contributed by atoms with van der Waals surface area (Å²) in [6, 6.07) is 6.03. The smallest absolute Gasteiger partial charge is 0.0702 e. The van der Waals surface area contributed by atoms with Crippen LogP contribution in [0.5, 0.6) is 0 Å². The lowest BCUT2D eigenvalue weighted by Gasteiger charge is -2.43. The summed E-state index contributed by atoms with van der Waals surface area (Å²) in [5.74, 6) is 0. The number of rotatable bonds is 1. The molecular weight excluding hydrogens is 188 g/mol. The predicted molar refractivity (Wildman–Crippen MR) is 63.3 cm³/mol. The Balaban J connectivity index is 2.49. The van der Waals surface area contributed by atoms with E-state index in [-0.39, 0.29) is 12.1 Å². The molecule has 0 saturated heterocycles. The van der Waals surface area contributed by atoms with E-state index in [9.17, 15) is 5.11 Å². The summed E-state index contributed by atoms with van der Waals surface area (Å²) in [6.45, 7) is 5.39. The molecule has 3 nitrogen and oxygen atoms in total. The van der Waals surface area contributed by atoms with Crippen LogP contribution < -0.4 is 10.2 Å². The van der Waals surface area contributed by atoms with Crippen LogP contribution in [-0.2, 0) is 6.61 Å². The van der Waals surface area contributed by atoms with Crippen molar-refractivity contribution in [2.75, 3.05) is 23.8 Å². The van der Waals surface area contributed by atoms with Crippen LogP contribution in [0.3, 0.4) is 0 Å². The Hall–Kier alpha value is -1.22. The molecule has 0 bridgehead atoms. The van der Waals surface area contributed by atoms with Crippen molar-refractivity contribution >= 4 is 11.4 Å². The Labute approximate surface area is 90.7 Å². The second kappa shape index (κ2) is 3.42. The molecule has 0 spiro atoms. The highest BCUT2D eigenvalue weighted by Crippen LogP contribution is 2.36. The van der Waals surface area contributed by atoms with E-state index < -0.39 is 0 Å². The number of fused-ring (bicyclic) bond motifs is 1. The first-order valence-electron chi connectivity index (χ1n) is 5.27. The number of anilines is 2. The Bertz CT molecular complexity index is 374. The number of aliphatic hydroxyl groups excluding tert-OH is 1. The average Bonchev–Trinajstić information content (AvgIpc) is 2.23. The van der Waals surface area contributed by atoms with Gasteiger partial charge in [-0.25, -0.2) is 0 Å². The summed E-state index contributed by atoms with van der Waals surface area (Å²) in [6.07, 6.45) is 0. The molecular formula is C12H18N2O. The van der Waals surface area contributed by atoms with Gasteiger partial charge in [-0.3, -0.25) is 0 Å². The van der Waals surface area contributed by atoms with Crippen LogP contribution in [0.4, 0.5) is 11.4 Å². The third kappa shape index (κ3) is 1.57. The van der Waals surface area contributed by atoms with Crippen LogP contribution in [0.1, 0.15) is 19.4 Å². The van der Waals surface area contributed by atoms with E-state index in [4.69, 9.17) is 0 Å². The lowest BCUT2D eigenvalue weighted by molar-refractivity contribution is 0.282. The molecule has 0 amide bonds. The van der Waals surface area contributed by atoms with Gasteiger partial charge >= 0.3 is 0 Å². The number of para-hydroxylation sites is 1. The van der Waals surface area contributed by atoms with E-state index in [1.165, 1.54) is 0 Å². The van der Waals surface area contributed by atoms with Crippen LogP contribution in [0, 0.1) is 0 Å². The van der Waals surface area contributed by atoms with Crippen molar-refractivity contribution in [3.8, 4) is 0 Å². The van der Waals surface area contributed by atoms with Gasteiger partial charge in [0.1, 0.15) is 0 Å². The van der Waals surface area contributed by atoms with Crippen molar-refractivity contribution in [3.05, 3.63) is 23.8 Å². The van der Waals surface area contributed by atoms with Gasteiger partial charge in [-0.15, -0.1) is 0 Å². The normalized spacial score (nSPS) is 18.3. The summed E-state index contributed by atoms with van der Waals surface area (Å²) in [7, 11) is 2.10. The number of hydrogen-bond donors (Lipinski definition) is 2. The van der Waals surface area contributed by atoms with Gasteiger partial charge in [-0.05, 0) is 19.9 Å². The third-order valence-electron chi connectivity index (χ3n) is 3.27. The van der Waals surface area contributed by atoms with Gasteiger partial charge in [0.2, 0.25) is 0 Å². The molecule has 0 aliphatic carbocycles. The molecule has 0 saturated carbocycles. The molecule has 0 radical (unpaired) electrons. The Morgan fingerprint density at radius 3 is 2.87 bits per heavy atom. The minimum atomic E-state index is 0.0877. The van der Waals surface area contributed by atoms with Crippen LogP contribution in [0.25, 0.3) is 0 Å². The number of hydrogen-bond acceptors (Lipinski definition) is 3. The fraction of sp³-hybridized carbons (Fsp3) is 0.500. The van der Waals surface area contributed by atoms with Crippen molar-refractivity contribution in [1.29, 1.82) is 0 Å². The summed E-state index contributed by atoms with van der Waals surface area (Å²) in [5.41, 5.74) is 3.32. The monoisotopic (exact) mass is 206 g/mol. The topological polar surface area (TPSA) is 35.5 Å². The number of aliphatic hydroxyl groups is 1. The number of nitrogens with one attached hydrogen (secondary N) is 1. The quantitative estimate of drug-likeness (QED) is 0.735. The highest BCUT2D eigenvalue weighted by molar-refractivity contribution is 5.76. The lowest BCUT2D eigenvalue weighted by atomic mass is 9.97. The van der Waals surface area contributed by atoms with E-state index in [2.05, 4.69) is 37.2 Å². The number of likely N-dealkylation sites (N-methyl/N-ethyl adjacent to an activating group) is 1. The van der Waals surface area contributed by atoms with Gasteiger partial charge in [-0.1, -0.05) is 12.1 Å². The molecule has 0 aromatic heterocycles. The average molecular weight is 206 g/mol. The summed E-state index contributed by atoms with van der Waals surface area (Å²) >= 11 is 0. The van der Waals surface area contributed by atoms with E-state index in [1.807, 2.05) is 12.1 Å². The van der Waals surface area contributed by atoms with Crippen molar-refractivity contribution in [3.63, 3.8) is 0 Å². The zero-order valence-corrected chi connectivity index (χ0v) is 9.54. The Morgan fingerprint density at radius 1 is 1.47 bits per heavy atom. The van der Waals surface area contributed by atoms with Gasteiger partial charge in [0.05, 0.1) is 23.5 Å². The molecule has 0 fully saturated rings. The first-order chi connectivity index (χ1) is 7.06. The molecule has 2 N–H and O–H groups in total. The minimum Gasteiger partial charge on any atom is -0.392 e. The van der Waals surface area contributed by atoms with Gasteiger partial charge in [0.25, 0.3) is 0 Å². The molecule has 1 aromatic rings. The van der Waals surface area contributed by atoms with Gasteiger partial charge < -0.3 is 15.3 Å². The zero-order chi connectivity index (χ0) is 11.1. The van der Waals surface area contributed by atoms with E-state index >= 15 is 0 Å². The van der Waals surface area contributed by atoms with E-state index in [0.717, 1.165) is 23.5 Å². The predicted octanol–water partition coefficient (Wildman–Crippen LogP) is 1.82. The molecule has 0 atom stereocenters. The van der Waals surface area contributed by atoms with Crippen LogP contribution in [0.15, 0.2) is 18.2 Å². The van der Waals surface area contributed by atoms with Crippen LogP contribution >= 0.6 is 0 Å². The van der Waals surface area contributed by atoms with Crippen molar-refractivity contribution in [2.24, 2.45) is 0 Å². The molecule has 1 heterocycles. The highest BCUT2D eigenvalue weighted by Gasteiger charge is 2.30. The number of benzene rings is 1. The van der Waals surface area contributed by atoms with Crippen molar-refractivity contribution in [1.82, 2.24) is 0 Å². The van der Waals surface area contributed by atoms with Gasteiger partial charge in [0.15, 0.2) is 0 Å². The first kappa shape index (κ1) is 10.3. The molecule has 1 aliphatic heterocycles. The highest BCUT2D eigenvalue weighted by atomic mass is 16.3. The molecule has 2 rings (SSSR count). The Morgan fingerprint density at radius 2 is 2.20 bits per heavy atom. The van der Waals surface area contributed by atoms with Gasteiger partial charge in [-0.2, -0.15) is 0 Å². The first-order valence-corrected chi connectivity index (χ1v) is 5.27. The third-order valence-corrected chi connectivity index (χ3v) is 3.27. The van der Waals surface area contributed by atoms with Crippen molar-refractivity contribution < 1.29 is 5.11 Å². The zero-order valence-electron chi connectivity index (χ0n) is 9.54. The number of nitrogens with zero attached hydrogens (tertiary/aromatic N) is 1. The minimum absolute atomic E-state index is 0.0877. The maximum absolute atomic E-state index is 9.25. The molecule has 0 unspecified atom stereocenters. The maximum atomic E-state index is 9.25. The van der Waals surface area contributed by atoms with Gasteiger partial charge in [0, 0.05) is 19.2 Å². The molecule has 1 aliphatic rings. The fourth-order valence-corrected chi connectivity index (χ4v) is 1.95. The fourth-order valence-electron chi connectivity index (χ4n) is 1.95. The largest absolute Gasteiger partial charge is 0.392 e. The summed E-state index contributed by atoms with van der Waals surface area (Å²) in [4.78, 5) is 2.26. The second-order valence-corrected chi connectivity index (χ2v) is 4.69. The van der Waals surface area contributed by atoms with Crippen LogP contribution in [0.2, 0.25) is 0 Å². The lowest BCUT2D eigenvalue weighted by Crippen LogP contribution is -2.50. The molecule has 3 heteroatoms. The Kier molecular flexibility index (Phi) is 2.35. The van der Waals surface area contributed by atoms with E-state index in [1.54, 1.807) is 0 Å². The molecule has 1 aromatic carbocycles. The summed E-state index contributed by atoms with van der Waals surface area (Å²) < 4.78 is 0. The molecule has 82 valence electrons. The summed E-state index contributed by atoms with van der Waals surface area (Å²) in [5, 5.41) is 12.7. The van der Waals surface area contributed by atoms with Crippen LogP contribution in [-0.4, -0.2) is 24.2 Å². The standard InChI is InChI=1S/C12H18N2O/c1-12(2)8-13-11-9(7-15)5-4-6-10(11)14(12)3/h4-6,13,15H,7-8H2,1-3H3. The van der Waals surface area contributed by atoms with E-state index in [0.29, 0.717) is 0 Å². The maximum Gasteiger partial charge on any atom is 0.0702 e. The van der Waals surface area contributed by atoms with Crippen molar-refractivity contribution in [2.45, 2.75) is 26.0 Å². The second-order valence-electron chi connectivity index (χ2n) is 4.69.